The van der Waals surface area contributed by atoms with Gasteiger partial charge in [-0.2, -0.15) is 0 Å². The Morgan fingerprint density at radius 3 is 2.94 bits per heavy atom. The maximum atomic E-state index is 10.8. The molecule has 0 amide bonds. The van der Waals surface area contributed by atoms with Crippen LogP contribution in [0.15, 0.2) is 18.2 Å². The molecular formula is C12H13ClN2O2. The van der Waals surface area contributed by atoms with Crippen molar-refractivity contribution in [3.8, 4) is 11.8 Å². The number of nitrogens with one attached hydrogen (secondary N) is 1. The van der Waals surface area contributed by atoms with Gasteiger partial charge in [0.25, 0.3) is 5.69 Å². The molecule has 0 aliphatic heterocycles. The summed E-state index contributed by atoms with van der Waals surface area (Å²) >= 11 is 5.94. The molecule has 0 aromatic heterocycles. The van der Waals surface area contributed by atoms with Crippen molar-refractivity contribution < 1.29 is 4.92 Å². The molecule has 1 aromatic rings. The molecule has 5 heteroatoms. The Bertz CT molecular complexity index is 463. The summed E-state index contributed by atoms with van der Waals surface area (Å²) in [7, 11) is 0. The topological polar surface area (TPSA) is 55.2 Å². The lowest BCUT2D eigenvalue weighted by atomic mass is 10.2. The van der Waals surface area contributed by atoms with Crippen LogP contribution in [0.25, 0.3) is 0 Å². The lowest BCUT2D eigenvalue weighted by molar-refractivity contribution is -0.385. The second-order valence-corrected chi connectivity index (χ2v) is 3.76. The predicted octanol–water partition coefficient (Wildman–Crippen LogP) is 2.75. The summed E-state index contributed by atoms with van der Waals surface area (Å²) in [6, 6.07) is 4.68. The van der Waals surface area contributed by atoms with E-state index in [9.17, 15) is 10.1 Å². The fourth-order valence-electron chi connectivity index (χ4n) is 1.38. The van der Waals surface area contributed by atoms with E-state index in [1.807, 2.05) is 0 Å². The monoisotopic (exact) mass is 252 g/mol. The molecule has 1 rings (SSSR count). The van der Waals surface area contributed by atoms with Crippen LogP contribution in [0.3, 0.4) is 0 Å². The SMILES string of the molecule is CC#CCCNCc1c(Cl)cccc1[N+](=O)[O-]. The van der Waals surface area contributed by atoms with Crippen molar-refractivity contribution >= 4 is 17.3 Å². The van der Waals surface area contributed by atoms with E-state index < -0.39 is 4.92 Å². The number of nitrogens with zero attached hydrogens (tertiary/aromatic N) is 1. The van der Waals surface area contributed by atoms with E-state index in [0.29, 0.717) is 23.7 Å². The van der Waals surface area contributed by atoms with Crippen molar-refractivity contribution in [1.29, 1.82) is 0 Å². The third-order valence-corrected chi connectivity index (χ3v) is 2.55. The fraction of sp³-hybridized carbons (Fsp3) is 0.333. The molecule has 1 aromatic carbocycles. The van der Waals surface area contributed by atoms with E-state index >= 15 is 0 Å². The normalized spacial score (nSPS) is 9.53. The molecule has 90 valence electrons. The highest BCUT2D eigenvalue weighted by Crippen LogP contribution is 2.25. The Hall–Kier alpha value is -1.57. The minimum absolute atomic E-state index is 0.0478. The van der Waals surface area contributed by atoms with Gasteiger partial charge in [-0.1, -0.05) is 17.7 Å². The molecule has 0 aliphatic rings. The number of nitro benzene ring substituents is 1. The second-order valence-electron chi connectivity index (χ2n) is 3.35. The van der Waals surface area contributed by atoms with Crippen LogP contribution in [0.5, 0.6) is 0 Å². The van der Waals surface area contributed by atoms with Gasteiger partial charge in [0.05, 0.1) is 15.5 Å². The Morgan fingerprint density at radius 2 is 2.29 bits per heavy atom. The first-order valence-electron chi connectivity index (χ1n) is 5.19. The molecule has 0 unspecified atom stereocenters. The summed E-state index contributed by atoms with van der Waals surface area (Å²) in [6.45, 7) is 2.84. The van der Waals surface area contributed by atoms with Crippen LogP contribution in [0.4, 0.5) is 5.69 Å². The maximum Gasteiger partial charge on any atom is 0.275 e. The Labute approximate surface area is 105 Å². The maximum absolute atomic E-state index is 10.8. The number of rotatable bonds is 5. The summed E-state index contributed by atoms with van der Waals surface area (Å²) in [5.74, 6) is 5.69. The van der Waals surface area contributed by atoms with E-state index in [4.69, 9.17) is 11.6 Å². The zero-order valence-electron chi connectivity index (χ0n) is 9.50. The number of hydrogen-bond acceptors (Lipinski definition) is 3. The van der Waals surface area contributed by atoms with Crippen LogP contribution in [-0.2, 0) is 6.54 Å². The van der Waals surface area contributed by atoms with Gasteiger partial charge in [-0.25, -0.2) is 0 Å². The molecule has 4 nitrogen and oxygen atoms in total. The largest absolute Gasteiger partial charge is 0.311 e. The number of benzene rings is 1. The average Bonchev–Trinajstić information content (AvgIpc) is 2.30. The first kappa shape index (κ1) is 13.5. The van der Waals surface area contributed by atoms with Crippen LogP contribution in [0.1, 0.15) is 18.9 Å². The highest BCUT2D eigenvalue weighted by atomic mass is 35.5. The molecule has 0 aliphatic carbocycles. The second kappa shape index (κ2) is 6.89. The van der Waals surface area contributed by atoms with Crippen molar-refractivity contribution in [3.63, 3.8) is 0 Å². The minimum atomic E-state index is -0.422. The summed E-state index contributed by atoms with van der Waals surface area (Å²) < 4.78 is 0. The van der Waals surface area contributed by atoms with Crippen molar-refractivity contribution in [2.75, 3.05) is 6.54 Å². The van der Waals surface area contributed by atoms with Gasteiger partial charge >= 0.3 is 0 Å². The van der Waals surface area contributed by atoms with Crippen molar-refractivity contribution in [2.24, 2.45) is 0 Å². The molecule has 1 N–H and O–H groups in total. The molecule has 0 atom stereocenters. The molecule has 0 saturated heterocycles. The first-order chi connectivity index (χ1) is 8.16. The molecule has 0 saturated carbocycles. The molecule has 0 heterocycles. The van der Waals surface area contributed by atoms with Gasteiger partial charge < -0.3 is 5.32 Å². The van der Waals surface area contributed by atoms with Gasteiger partial charge in [0.2, 0.25) is 0 Å². The standard InChI is InChI=1S/C12H13ClN2O2/c1-2-3-4-8-14-9-10-11(13)6-5-7-12(10)15(16)17/h5-7,14H,4,8-9H2,1H3. The van der Waals surface area contributed by atoms with Crippen molar-refractivity contribution in [3.05, 3.63) is 38.9 Å². The lowest BCUT2D eigenvalue weighted by Crippen LogP contribution is -2.15. The smallest absolute Gasteiger partial charge is 0.275 e. The first-order valence-corrected chi connectivity index (χ1v) is 5.56. The van der Waals surface area contributed by atoms with Gasteiger partial charge in [0, 0.05) is 25.6 Å². The predicted molar refractivity (Wildman–Crippen MR) is 67.9 cm³/mol. The van der Waals surface area contributed by atoms with Gasteiger partial charge in [-0.3, -0.25) is 10.1 Å². The molecule has 0 fully saturated rings. The van der Waals surface area contributed by atoms with Gasteiger partial charge in [-0.15, -0.1) is 11.8 Å². The summed E-state index contributed by atoms with van der Waals surface area (Å²) in [5, 5.41) is 14.3. The highest BCUT2D eigenvalue weighted by molar-refractivity contribution is 6.31. The quantitative estimate of drug-likeness (QED) is 0.379. The zero-order chi connectivity index (χ0) is 12.7. The summed E-state index contributed by atoms with van der Waals surface area (Å²) in [6.07, 6.45) is 0.717. The van der Waals surface area contributed by atoms with Gasteiger partial charge in [0.1, 0.15) is 0 Å². The third kappa shape index (κ3) is 4.06. The summed E-state index contributed by atoms with van der Waals surface area (Å²) in [5.41, 5.74) is 0.565. The van der Waals surface area contributed by atoms with E-state index in [0.717, 1.165) is 6.42 Å². The Kier molecular flexibility index (Phi) is 5.47. The highest BCUT2D eigenvalue weighted by Gasteiger charge is 2.15. The zero-order valence-corrected chi connectivity index (χ0v) is 10.3. The van der Waals surface area contributed by atoms with Crippen LogP contribution in [-0.4, -0.2) is 11.5 Å². The van der Waals surface area contributed by atoms with E-state index in [1.165, 1.54) is 6.07 Å². The van der Waals surface area contributed by atoms with E-state index in [2.05, 4.69) is 17.2 Å². The van der Waals surface area contributed by atoms with Gasteiger partial charge in [-0.05, 0) is 13.0 Å². The molecular weight excluding hydrogens is 240 g/mol. The lowest BCUT2D eigenvalue weighted by Gasteiger charge is -2.06. The number of hydrogen-bond donors (Lipinski definition) is 1. The van der Waals surface area contributed by atoms with E-state index in [-0.39, 0.29) is 5.69 Å². The number of halogens is 1. The van der Waals surface area contributed by atoms with Crippen LogP contribution in [0.2, 0.25) is 5.02 Å². The Morgan fingerprint density at radius 1 is 1.53 bits per heavy atom. The van der Waals surface area contributed by atoms with Crippen LogP contribution < -0.4 is 5.32 Å². The molecule has 17 heavy (non-hydrogen) atoms. The van der Waals surface area contributed by atoms with Crippen LogP contribution in [0, 0.1) is 22.0 Å². The molecule has 0 radical (unpaired) electrons. The van der Waals surface area contributed by atoms with Crippen molar-refractivity contribution in [1.82, 2.24) is 5.32 Å². The number of nitro groups is 1. The average molecular weight is 253 g/mol. The van der Waals surface area contributed by atoms with Crippen molar-refractivity contribution in [2.45, 2.75) is 19.9 Å². The summed E-state index contributed by atoms with van der Waals surface area (Å²) in [4.78, 5) is 10.4. The van der Waals surface area contributed by atoms with Gasteiger partial charge in [0.15, 0.2) is 0 Å². The molecule has 0 spiro atoms. The fourth-order valence-corrected chi connectivity index (χ4v) is 1.62. The molecule has 0 bridgehead atoms. The third-order valence-electron chi connectivity index (χ3n) is 2.20. The van der Waals surface area contributed by atoms with Crippen LogP contribution >= 0.6 is 11.6 Å². The Balaban J connectivity index is 2.68. The van der Waals surface area contributed by atoms with E-state index in [1.54, 1.807) is 19.1 Å². The minimum Gasteiger partial charge on any atom is -0.311 e.